The predicted octanol–water partition coefficient (Wildman–Crippen LogP) is 3.78. The first-order valence-electron chi connectivity index (χ1n) is 5.19. The zero-order valence-electron chi connectivity index (χ0n) is 9.62. The summed E-state index contributed by atoms with van der Waals surface area (Å²) >= 11 is 0. The molecule has 1 heterocycles. The third-order valence-electron chi connectivity index (χ3n) is 2.36. The van der Waals surface area contributed by atoms with E-state index in [1.54, 1.807) is 18.4 Å². The largest absolute Gasteiger partial charge is 0.444 e. The van der Waals surface area contributed by atoms with E-state index in [9.17, 15) is 4.39 Å². The van der Waals surface area contributed by atoms with E-state index in [-0.39, 0.29) is 11.2 Å². The molecule has 0 aliphatic carbocycles. The Morgan fingerprint density at radius 2 is 1.75 bits per heavy atom. The maximum Gasteiger partial charge on any atom is 0.226 e. The molecule has 2 aromatic rings. The van der Waals surface area contributed by atoms with Crippen LogP contribution >= 0.6 is 0 Å². The van der Waals surface area contributed by atoms with Crippen LogP contribution < -0.4 is 0 Å². The van der Waals surface area contributed by atoms with Gasteiger partial charge in [-0.15, -0.1) is 0 Å². The molecule has 2 rings (SSSR count). The lowest BCUT2D eigenvalue weighted by Crippen LogP contribution is -2.11. The fourth-order valence-electron chi connectivity index (χ4n) is 1.34. The SMILES string of the molecule is CC(C)(C)c1coc(-c2ccc(F)cc2)n1. The summed E-state index contributed by atoms with van der Waals surface area (Å²) < 4.78 is 18.1. The molecule has 84 valence electrons. The second-order valence-electron chi connectivity index (χ2n) is 4.79. The number of aromatic nitrogens is 1. The molecule has 0 aliphatic heterocycles. The summed E-state index contributed by atoms with van der Waals surface area (Å²) in [6, 6.07) is 6.12. The van der Waals surface area contributed by atoms with Crippen LogP contribution in [0.1, 0.15) is 26.5 Å². The van der Waals surface area contributed by atoms with Crippen LogP contribution in [-0.2, 0) is 5.41 Å². The van der Waals surface area contributed by atoms with Gasteiger partial charge in [-0.25, -0.2) is 9.37 Å². The molecule has 0 saturated heterocycles. The van der Waals surface area contributed by atoms with Gasteiger partial charge >= 0.3 is 0 Å². The summed E-state index contributed by atoms with van der Waals surface area (Å²) in [5.41, 5.74) is 1.64. The van der Waals surface area contributed by atoms with Crippen LogP contribution in [0.4, 0.5) is 4.39 Å². The number of nitrogens with zero attached hydrogens (tertiary/aromatic N) is 1. The van der Waals surface area contributed by atoms with E-state index in [2.05, 4.69) is 25.8 Å². The number of rotatable bonds is 1. The molecular formula is C13H14FNO. The van der Waals surface area contributed by atoms with E-state index in [0.29, 0.717) is 5.89 Å². The monoisotopic (exact) mass is 219 g/mol. The van der Waals surface area contributed by atoms with Crippen LogP contribution in [0.15, 0.2) is 34.9 Å². The average molecular weight is 219 g/mol. The second-order valence-corrected chi connectivity index (χ2v) is 4.79. The first kappa shape index (κ1) is 10.9. The van der Waals surface area contributed by atoms with Crippen LogP contribution in [0.5, 0.6) is 0 Å². The van der Waals surface area contributed by atoms with Crippen molar-refractivity contribution in [3.63, 3.8) is 0 Å². The lowest BCUT2D eigenvalue weighted by atomic mass is 9.93. The molecule has 0 aliphatic rings. The Labute approximate surface area is 94.1 Å². The van der Waals surface area contributed by atoms with Gasteiger partial charge in [-0.1, -0.05) is 20.8 Å². The minimum Gasteiger partial charge on any atom is -0.444 e. The summed E-state index contributed by atoms with van der Waals surface area (Å²) in [4.78, 5) is 4.39. The minimum atomic E-state index is -0.258. The predicted molar refractivity (Wildman–Crippen MR) is 60.6 cm³/mol. The van der Waals surface area contributed by atoms with Crippen molar-refractivity contribution in [2.24, 2.45) is 0 Å². The molecule has 2 nitrogen and oxygen atoms in total. The first-order chi connectivity index (χ1) is 7.47. The zero-order valence-corrected chi connectivity index (χ0v) is 9.62. The fraction of sp³-hybridized carbons (Fsp3) is 0.308. The highest BCUT2D eigenvalue weighted by Gasteiger charge is 2.19. The lowest BCUT2D eigenvalue weighted by Gasteiger charge is -2.12. The molecule has 0 N–H and O–H groups in total. The minimum absolute atomic E-state index is 0.0399. The van der Waals surface area contributed by atoms with Gasteiger partial charge in [-0.3, -0.25) is 0 Å². The molecule has 0 spiro atoms. The summed E-state index contributed by atoms with van der Waals surface area (Å²) in [7, 11) is 0. The van der Waals surface area contributed by atoms with E-state index in [1.807, 2.05) is 0 Å². The van der Waals surface area contributed by atoms with Crippen LogP contribution in [0, 0.1) is 5.82 Å². The Balaban J connectivity index is 2.35. The van der Waals surface area contributed by atoms with Crippen molar-refractivity contribution in [3.05, 3.63) is 42.0 Å². The van der Waals surface area contributed by atoms with Gasteiger partial charge in [0.05, 0.1) is 5.69 Å². The van der Waals surface area contributed by atoms with Gasteiger partial charge in [0.1, 0.15) is 12.1 Å². The number of oxazole rings is 1. The quantitative estimate of drug-likeness (QED) is 0.729. The van der Waals surface area contributed by atoms with Gasteiger partial charge < -0.3 is 4.42 Å². The van der Waals surface area contributed by atoms with Crippen molar-refractivity contribution in [1.82, 2.24) is 4.98 Å². The standard InChI is InChI=1S/C13H14FNO/c1-13(2,3)11-8-16-12(15-11)9-4-6-10(14)7-5-9/h4-8H,1-3H3. The molecule has 0 amide bonds. The average Bonchev–Trinajstić information content (AvgIpc) is 2.67. The maximum absolute atomic E-state index is 12.7. The van der Waals surface area contributed by atoms with E-state index >= 15 is 0 Å². The lowest BCUT2D eigenvalue weighted by molar-refractivity contribution is 0.543. The van der Waals surface area contributed by atoms with Gasteiger partial charge in [-0.05, 0) is 24.3 Å². The van der Waals surface area contributed by atoms with E-state index < -0.39 is 0 Å². The normalized spacial score (nSPS) is 11.8. The molecule has 16 heavy (non-hydrogen) atoms. The highest BCUT2D eigenvalue weighted by atomic mass is 19.1. The molecule has 0 saturated carbocycles. The summed E-state index contributed by atoms with van der Waals surface area (Å²) in [6.07, 6.45) is 1.65. The molecule has 1 aromatic heterocycles. The van der Waals surface area contributed by atoms with Gasteiger partial charge in [-0.2, -0.15) is 0 Å². The summed E-state index contributed by atoms with van der Waals surface area (Å²) in [5.74, 6) is 0.274. The Kier molecular flexibility index (Phi) is 2.54. The van der Waals surface area contributed by atoms with Gasteiger partial charge in [0.15, 0.2) is 0 Å². The Morgan fingerprint density at radius 3 is 2.25 bits per heavy atom. The highest BCUT2D eigenvalue weighted by Crippen LogP contribution is 2.25. The molecule has 0 atom stereocenters. The Morgan fingerprint density at radius 1 is 1.12 bits per heavy atom. The van der Waals surface area contributed by atoms with E-state index in [0.717, 1.165) is 11.3 Å². The van der Waals surface area contributed by atoms with E-state index in [4.69, 9.17) is 4.42 Å². The van der Waals surface area contributed by atoms with Gasteiger partial charge in [0, 0.05) is 11.0 Å². The molecule has 0 bridgehead atoms. The molecule has 1 aromatic carbocycles. The van der Waals surface area contributed by atoms with Crippen molar-refractivity contribution >= 4 is 0 Å². The molecule has 0 unspecified atom stereocenters. The van der Waals surface area contributed by atoms with Crippen LogP contribution in [0.3, 0.4) is 0 Å². The van der Waals surface area contributed by atoms with Crippen molar-refractivity contribution < 1.29 is 8.81 Å². The summed E-state index contributed by atoms with van der Waals surface area (Å²) in [6.45, 7) is 6.21. The van der Waals surface area contributed by atoms with Crippen LogP contribution in [0.2, 0.25) is 0 Å². The smallest absolute Gasteiger partial charge is 0.226 e. The molecule has 0 radical (unpaired) electrons. The van der Waals surface area contributed by atoms with Crippen molar-refractivity contribution in [2.75, 3.05) is 0 Å². The fourth-order valence-corrected chi connectivity index (χ4v) is 1.34. The molecular weight excluding hydrogens is 205 g/mol. The van der Waals surface area contributed by atoms with Crippen LogP contribution in [-0.4, -0.2) is 4.98 Å². The van der Waals surface area contributed by atoms with Gasteiger partial charge in [0.2, 0.25) is 5.89 Å². The zero-order chi connectivity index (χ0) is 11.8. The third kappa shape index (κ3) is 2.13. The maximum atomic E-state index is 12.7. The number of benzene rings is 1. The van der Waals surface area contributed by atoms with Gasteiger partial charge in [0.25, 0.3) is 0 Å². The first-order valence-corrected chi connectivity index (χ1v) is 5.19. The summed E-state index contributed by atoms with van der Waals surface area (Å²) in [5, 5.41) is 0. The van der Waals surface area contributed by atoms with Crippen LogP contribution in [0.25, 0.3) is 11.5 Å². The number of hydrogen-bond donors (Lipinski definition) is 0. The third-order valence-corrected chi connectivity index (χ3v) is 2.36. The van der Waals surface area contributed by atoms with Crippen molar-refractivity contribution in [1.29, 1.82) is 0 Å². The highest BCUT2D eigenvalue weighted by molar-refractivity contribution is 5.53. The number of halogens is 1. The second kappa shape index (κ2) is 3.74. The van der Waals surface area contributed by atoms with E-state index in [1.165, 1.54) is 12.1 Å². The molecule has 0 fully saturated rings. The Hall–Kier alpha value is -1.64. The Bertz CT molecular complexity index is 479. The molecule has 3 heteroatoms. The van der Waals surface area contributed by atoms with Crippen molar-refractivity contribution in [2.45, 2.75) is 26.2 Å². The topological polar surface area (TPSA) is 26.0 Å². The number of hydrogen-bond acceptors (Lipinski definition) is 2. The van der Waals surface area contributed by atoms with Crippen molar-refractivity contribution in [3.8, 4) is 11.5 Å².